The second-order valence-electron chi connectivity index (χ2n) is 4.62. The fraction of sp³-hybridized carbons (Fsp3) is 0.429. The highest BCUT2D eigenvalue weighted by Gasteiger charge is 2.16. The first-order chi connectivity index (χ1) is 9.13. The Bertz CT molecular complexity index is 551. The molecule has 0 aliphatic rings. The molecular weight excluding hydrogens is 261 g/mol. The first kappa shape index (κ1) is 14.1. The van der Waals surface area contributed by atoms with Crippen molar-refractivity contribution in [1.82, 2.24) is 15.3 Å². The zero-order valence-electron chi connectivity index (χ0n) is 11.4. The van der Waals surface area contributed by atoms with Gasteiger partial charge in [0, 0.05) is 23.2 Å². The molecule has 3 nitrogen and oxygen atoms in total. The number of nitrogens with one attached hydrogen (secondary N) is 1. The highest BCUT2D eigenvalue weighted by atomic mass is 32.1. The predicted octanol–water partition coefficient (Wildman–Crippen LogP) is 3.58. The average molecular weight is 279 g/mol. The lowest BCUT2D eigenvalue weighted by Gasteiger charge is -2.04. The number of nitrogens with zero attached hydrogens (tertiary/aromatic N) is 2. The van der Waals surface area contributed by atoms with Crippen molar-refractivity contribution in [3.63, 3.8) is 0 Å². The standard InChI is InChI=1S/C14H18FN3S/c1-4-16-8-12-13(9(2)3)18-14(19-12)10-5-6-17-7-11(10)15/h5-7,9,16H,4,8H2,1-3H3. The Kier molecular flexibility index (Phi) is 4.61. The van der Waals surface area contributed by atoms with Gasteiger partial charge in [0.1, 0.15) is 5.01 Å². The fourth-order valence-electron chi connectivity index (χ4n) is 1.84. The van der Waals surface area contributed by atoms with Crippen LogP contribution in [0.1, 0.15) is 37.3 Å². The molecule has 2 aromatic rings. The largest absolute Gasteiger partial charge is 0.312 e. The van der Waals surface area contributed by atoms with Crippen LogP contribution in [0.4, 0.5) is 4.39 Å². The number of pyridine rings is 1. The molecule has 0 aliphatic carbocycles. The van der Waals surface area contributed by atoms with Gasteiger partial charge in [0.15, 0.2) is 5.82 Å². The summed E-state index contributed by atoms with van der Waals surface area (Å²) in [5.41, 5.74) is 1.59. The molecule has 0 bridgehead atoms. The van der Waals surface area contributed by atoms with Crippen LogP contribution >= 0.6 is 11.3 Å². The molecule has 0 atom stereocenters. The zero-order valence-corrected chi connectivity index (χ0v) is 12.2. The summed E-state index contributed by atoms with van der Waals surface area (Å²) in [6.07, 6.45) is 2.83. The minimum Gasteiger partial charge on any atom is -0.312 e. The van der Waals surface area contributed by atoms with Crippen LogP contribution in [0.2, 0.25) is 0 Å². The van der Waals surface area contributed by atoms with Crippen LogP contribution in [0.25, 0.3) is 10.6 Å². The molecule has 2 heterocycles. The number of aromatic nitrogens is 2. The molecule has 19 heavy (non-hydrogen) atoms. The molecule has 2 rings (SSSR count). The van der Waals surface area contributed by atoms with Gasteiger partial charge < -0.3 is 5.32 Å². The van der Waals surface area contributed by atoms with E-state index in [1.807, 2.05) is 0 Å². The van der Waals surface area contributed by atoms with E-state index in [2.05, 4.69) is 36.1 Å². The SMILES string of the molecule is CCNCc1sc(-c2ccncc2F)nc1C(C)C. The van der Waals surface area contributed by atoms with Crippen LogP contribution in [-0.4, -0.2) is 16.5 Å². The number of thiazole rings is 1. The summed E-state index contributed by atoms with van der Waals surface area (Å²) in [7, 11) is 0. The lowest BCUT2D eigenvalue weighted by atomic mass is 10.1. The molecule has 0 saturated heterocycles. The number of halogens is 1. The highest BCUT2D eigenvalue weighted by Crippen LogP contribution is 2.32. The van der Waals surface area contributed by atoms with Gasteiger partial charge in [0.05, 0.1) is 11.9 Å². The van der Waals surface area contributed by atoms with Crippen molar-refractivity contribution < 1.29 is 4.39 Å². The summed E-state index contributed by atoms with van der Waals surface area (Å²) >= 11 is 1.55. The maximum Gasteiger partial charge on any atom is 0.151 e. The molecule has 0 radical (unpaired) electrons. The van der Waals surface area contributed by atoms with Gasteiger partial charge in [-0.1, -0.05) is 20.8 Å². The first-order valence-electron chi connectivity index (χ1n) is 6.43. The van der Waals surface area contributed by atoms with E-state index in [1.165, 1.54) is 11.1 Å². The van der Waals surface area contributed by atoms with Crippen molar-refractivity contribution in [1.29, 1.82) is 0 Å². The van der Waals surface area contributed by atoms with E-state index in [0.717, 1.165) is 23.8 Å². The first-order valence-corrected chi connectivity index (χ1v) is 7.25. The molecule has 0 unspecified atom stereocenters. The molecule has 0 aromatic carbocycles. The van der Waals surface area contributed by atoms with Crippen LogP contribution in [0, 0.1) is 5.82 Å². The van der Waals surface area contributed by atoms with Gasteiger partial charge in [-0.05, 0) is 18.5 Å². The van der Waals surface area contributed by atoms with E-state index in [0.29, 0.717) is 11.5 Å². The number of rotatable bonds is 5. The average Bonchev–Trinajstić information content (AvgIpc) is 2.81. The smallest absolute Gasteiger partial charge is 0.151 e. The molecule has 0 spiro atoms. The second kappa shape index (κ2) is 6.21. The van der Waals surface area contributed by atoms with Crippen LogP contribution in [0.15, 0.2) is 18.5 Å². The lowest BCUT2D eigenvalue weighted by Crippen LogP contribution is -2.12. The zero-order chi connectivity index (χ0) is 13.8. The lowest BCUT2D eigenvalue weighted by molar-refractivity contribution is 0.624. The van der Waals surface area contributed by atoms with Crippen molar-refractivity contribution >= 4 is 11.3 Å². The molecule has 1 N–H and O–H groups in total. The van der Waals surface area contributed by atoms with Gasteiger partial charge in [-0.15, -0.1) is 11.3 Å². The van der Waals surface area contributed by atoms with Crippen LogP contribution in [0.5, 0.6) is 0 Å². The molecule has 5 heteroatoms. The van der Waals surface area contributed by atoms with Crippen molar-refractivity contribution in [3.05, 3.63) is 34.8 Å². The predicted molar refractivity (Wildman–Crippen MR) is 76.8 cm³/mol. The fourth-order valence-corrected chi connectivity index (χ4v) is 3.06. The van der Waals surface area contributed by atoms with Gasteiger partial charge in [0.2, 0.25) is 0 Å². The summed E-state index contributed by atoms with van der Waals surface area (Å²) in [5, 5.41) is 4.04. The highest BCUT2D eigenvalue weighted by molar-refractivity contribution is 7.15. The normalized spacial score (nSPS) is 11.2. The summed E-state index contributed by atoms with van der Waals surface area (Å²) in [4.78, 5) is 9.56. The van der Waals surface area contributed by atoms with Gasteiger partial charge in [-0.25, -0.2) is 9.37 Å². The third-order valence-corrected chi connectivity index (χ3v) is 3.92. The Morgan fingerprint density at radius 3 is 2.84 bits per heavy atom. The Morgan fingerprint density at radius 2 is 2.21 bits per heavy atom. The minimum atomic E-state index is -0.318. The Hall–Kier alpha value is -1.33. The summed E-state index contributed by atoms with van der Waals surface area (Å²) in [5.74, 6) is 0.0186. The quantitative estimate of drug-likeness (QED) is 0.909. The van der Waals surface area contributed by atoms with Crippen molar-refractivity contribution in [3.8, 4) is 10.6 Å². The van der Waals surface area contributed by atoms with E-state index in [4.69, 9.17) is 0 Å². The monoisotopic (exact) mass is 279 g/mol. The van der Waals surface area contributed by atoms with E-state index in [9.17, 15) is 4.39 Å². The van der Waals surface area contributed by atoms with Gasteiger partial charge in [0.25, 0.3) is 0 Å². The van der Waals surface area contributed by atoms with Crippen molar-refractivity contribution in [2.45, 2.75) is 33.2 Å². The minimum absolute atomic E-state index is 0.318. The number of hydrogen-bond acceptors (Lipinski definition) is 4. The van der Waals surface area contributed by atoms with Gasteiger partial charge in [-0.3, -0.25) is 4.98 Å². The Labute approximate surface area is 116 Å². The molecule has 0 amide bonds. The maximum absolute atomic E-state index is 13.8. The van der Waals surface area contributed by atoms with E-state index in [-0.39, 0.29) is 5.82 Å². The molecule has 102 valence electrons. The van der Waals surface area contributed by atoms with Crippen LogP contribution in [-0.2, 0) is 6.54 Å². The van der Waals surface area contributed by atoms with Crippen LogP contribution < -0.4 is 5.32 Å². The van der Waals surface area contributed by atoms with E-state index >= 15 is 0 Å². The summed E-state index contributed by atoms with van der Waals surface area (Å²) < 4.78 is 13.8. The van der Waals surface area contributed by atoms with E-state index < -0.39 is 0 Å². The Balaban J connectivity index is 2.40. The topological polar surface area (TPSA) is 37.8 Å². The van der Waals surface area contributed by atoms with E-state index in [1.54, 1.807) is 23.6 Å². The van der Waals surface area contributed by atoms with Crippen molar-refractivity contribution in [2.75, 3.05) is 6.54 Å². The molecule has 0 fully saturated rings. The van der Waals surface area contributed by atoms with Crippen LogP contribution in [0.3, 0.4) is 0 Å². The second-order valence-corrected chi connectivity index (χ2v) is 5.70. The van der Waals surface area contributed by atoms with Crippen molar-refractivity contribution in [2.24, 2.45) is 0 Å². The third kappa shape index (κ3) is 3.16. The number of hydrogen-bond donors (Lipinski definition) is 1. The van der Waals surface area contributed by atoms with Gasteiger partial charge >= 0.3 is 0 Å². The maximum atomic E-state index is 13.8. The third-order valence-electron chi connectivity index (χ3n) is 2.81. The molecule has 0 aliphatic heterocycles. The summed E-state index contributed by atoms with van der Waals surface area (Å²) in [6.45, 7) is 7.98. The summed E-state index contributed by atoms with van der Waals surface area (Å²) in [6, 6.07) is 1.68. The Morgan fingerprint density at radius 1 is 1.42 bits per heavy atom. The molecular formula is C14H18FN3S. The van der Waals surface area contributed by atoms with Gasteiger partial charge in [-0.2, -0.15) is 0 Å². The molecule has 0 saturated carbocycles. The molecule has 2 aromatic heterocycles.